The fourth-order valence-electron chi connectivity index (χ4n) is 5.52. The lowest BCUT2D eigenvalue weighted by Gasteiger charge is -2.36. The Hall–Kier alpha value is -4.87. The van der Waals surface area contributed by atoms with Gasteiger partial charge in [0.05, 0.1) is 19.4 Å². The van der Waals surface area contributed by atoms with Crippen LogP contribution in [0.1, 0.15) is 70.2 Å². The number of hydrogen-bond acceptors (Lipinski definition) is 8. The topological polar surface area (TPSA) is 124 Å². The Kier molecular flexibility index (Phi) is 8.85. The fraction of sp³-hybridized carbons (Fsp3) is 0.424. The van der Waals surface area contributed by atoms with Gasteiger partial charge in [0, 0.05) is 49.5 Å². The van der Waals surface area contributed by atoms with Gasteiger partial charge in [-0.25, -0.2) is 14.3 Å². The van der Waals surface area contributed by atoms with Crippen molar-refractivity contribution in [2.75, 3.05) is 51.3 Å². The maximum Gasteiger partial charge on any atom is 0.410 e. The van der Waals surface area contributed by atoms with E-state index in [1.54, 1.807) is 65.1 Å². The largest absolute Gasteiger partial charge is 0.497 e. The van der Waals surface area contributed by atoms with Crippen LogP contribution in [0.25, 0.3) is 5.69 Å². The average molecular weight is 618 g/mol. The van der Waals surface area contributed by atoms with Gasteiger partial charge in [0.1, 0.15) is 17.0 Å². The van der Waals surface area contributed by atoms with E-state index in [-0.39, 0.29) is 35.9 Å². The standard InChI is InChI=1S/C33H39N5O7/c1-7-44-31(41)27-26-14-15-37(30(40)28(26)38(34-27)22-8-11-24(43-6)12-9-22)23-10-13-25(21(2)20-23)29(39)35-16-18-36(19-17-35)32(42)45-33(3,4)5/h8-13,20H,7,14-19H2,1-6H3. The SMILES string of the molecule is CCOC(=O)c1nn(-c2ccc(OC)cc2)c2c1CCN(c1ccc(C(=O)N3CCN(C(=O)OC(C)(C)C)CC3)c(C)c1)C2=O. The predicted octanol–water partition coefficient (Wildman–Crippen LogP) is 4.26. The van der Waals surface area contributed by atoms with Gasteiger partial charge in [-0.15, -0.1) is 0 Å². The van der Waals surface area contributed by atoms with Crippen LogP contribution in [-0.2, 0) is 15.9 Å². The third-order valence-corrected chi connectivity index (χ3v) is 7.77. The van der Waals surface area contributed by atoms with Gasteiger partial charge in [-0.2, -0.15) is 5.10 Å². The first-order chi connectivity index (χ1) is 21.4. The molecule has 3 aromatic rings. The molecule has 45 heavy (non-hydrogen) atoms. The first-order valence-corrected chi connectivity index (χ1v) is 15.0. The lowest BCUT2D eigenvalue weighted by atomic mass is 10.0. The second-order valence-corrected chi connectivity index (χ2v) is 12.0. The van der Waals surface area contributed by atoms with Crippen LogP contribution in [-0.4, -0.2) is 95.5 Å². The van der Waals surface area contributed by atoms with Crippen LogP contribution in [0.4, 0.5) is 10.5 Å². The van der Waals surface area contributed by atoms with E-state index in [2.05, 4.69) is 5.10 Å². The number of amides is 3. The number of ether oxygens (including phenoxy) is 3. The second kappa shape index (κ2) is 12.6. The number of anilines is 1. The lowest BCUT2D eigenvalue weighted by molar-refractivity contribution is 0.0140. The van der Waals surface area contributed by atoms with Crippen LogP contribution < -0.4 is 9.64 Å². The van der Waals surface area contributed by atoms with Crippen LogP contribution in [0.3, 0.4) is 0 Å². The second-order valence-electron chi connectivity index (χ2n) is 12.0. The first-order valence-electron chi connectivity index (χ1n) is 15.0. The molecule has 2 aliphatic rings. The van der Waals surface area contributed by atoms with Crippen molar-refractivity contribution in [2.45, 2.75) is 46.6 Å². The summed E-state index contributed by atoms with van der Waals surface area (Å²) in [5, 5.41) is 4.53. The summed E-state index contributed by atoms with van der Waals surface area (Å²) in [4.78, 5) is 57.7. The third-order valence-electron chi connectivity index (χ3n) is 7.77. The van der Waals surface area contributed by atoms with Crippen molar-refractivity contribution in [3.63, 3.8) is 0 Å². The maximum absolute atomic E-state index is 14.0. The summed E-state index contributed by atoms with van der Waals surface area (Å²) in [5.41, 5.74) is 2.85. The highest BCUT2D eigenvalue weighted by Crippen LogP contribution is 2.31. The van der Waals surface area contributed by atoms with Crippen LogP contribution in [0.5, 0.6) is 5.75 Å². The highest BCUT2D eigenvalue weighted by molar-refractivity contribution is 6.09. The molecule has 1 saturated heterocycles. The van der Waals surface area contributed by atoms with E-state index in [0.717, 1.165) is 5.56 Å². The molecule has 0 bridgehead atoms. The summed E-state index contributed by atoms with van der Waals surface area (Å²) in [7, 11) is 1.57. The molecule has 0 aliphatic carbocycles. The summed E-state index contributed by atoms with van der Waals surface area (Å²) < 4.78 is 17.5. The molecule has 2 aliphatic heterocycles. The zero-order valence-electron chi connectivity index (χ0n) is 26.6. The van der Waals surface area contributed by atoms with E-state index in [0.29, 0.717) is 67.4 Å². The van der Waals surface area contributed by atoms with Gasteiger partial charge >= 0.3 is 12.1 Å². The van der Waals surface area contributed by atoms with Gasteiger partial charge < -0.3 is 28.9 Å². The number of aryl methyl sites for hydroxylation is 1. The van der Waals surface area contributed by atoms with Gasteiger partial charge in [0.2, 0.25) is 0 Å². The number of benzene rings is 2. The molecule has 0 saturated carbocycles. The van der Waals surface area contributed by atoms with E-state index in [1.807, 2.05) is 33.8 Å². The Bertz CT molecular complexity index is 1620. The van der Waals surface area contributed by atoms with Gasteiger partial charge in [0.15, 0.2) is 5.69 Å². The van der Waals surface area contributed by atoms with Crippen molar-refractivity contribution in [1.29, 1.82) is 0 Å². The van der Waals surface area contributed by atoms with Crippen molar-refractivity contribution in [1.82, 2.24) is 19.6 Å². The normalized spacial score (nSPS) is 15.1. The molecule has 12 heteroatoms. The van der Waals surface area contributed by atoms with Crippen molar-refractivity contribution in [3.05, 3.63) is 70.5 Å². The highest BCUT2D eigenvalue weighted by Gasteiger charge is 2.36. The molecule has 0 radical (unpaired) electrons. The van der Waals surface area contributed by atoms with E-state index in [9.17, 15) is 19.2 Å². The molecule has 3 heterocycles. The zero-order valence-corrected chi connectivity index (χ0v) is 26.6. The monoisotopic (exact) mass is 617 g/mol. The Balaban J connectivity index is 1.36. The summed E-state index contributed by atoms with van der Waals surface area (Å²) in [6.07, 6.45) is 0.0136. The molecule has 2 aromatic carbocycles. The van der Waals surface area contributed by atoms with Crippen molar-refractivity contribution < 1.29 is 33.4 Å². The number of nitrogens with zero attached hydrogens (tertiary/aromatic N) is 5. The number of fused-ring (bicyclic) bond motifs is 1. The molecular formula is C33H39N5O7. The number of carbonyl (C=O) groups excluding carboxylic acids is 4. The fourth-order valence-corrected chi connectivity index (χ4v) is 5.52. The summed E-state index contributed by atoms with van der Waals surface area (Å²) in [5.74, 6) is -0.375. The quantitative estimate of drug-likeness (QED) is 0.376. The number of methoxy groups -OCH3 is 1. The minimum atomic E-state index is -0.585. The molecule has 1 aromatic heterocycles. The van der Waals surface area contributed by atoms with Crippen LogP contribution in [0.2, 0.25) is 0 Å². The predicted molar refractivity (Wildman–Crippen MR) is 166 cm³/mol. The molecule has 3 amide bonds. The molecule has 238 valence electrons. The number of rotatable bonds is 6. The van der Waals surface area contributed by atoms with Gasteiger partial charge in [0.25, 0.3) is 11.8 Å². The lowest BCUT2D eigenvalue weighted by Crippen LogP contribution is -2.51. The summed E-state index contributed by atoms with van der Waals surface area (Å²) >= 11 is 0. The van der Waals surface area contributed by atoms with E-state index >= 15 is 0 Å². The molecule has 0 spiro atoms. The zero-order chi connectivity index (χ0) is 32.5. The molecule has 0 N–H and O–H groups in total. The van der Waals surface area contributed by atoms with Crippen LogP contribution in [0.15, 0.2) is 42.5 Å². The smallest absolute Gasteiger partial charge is 0.410 e. The highest BCUT2D eigenvalue weighted by atomic mass is 16.6. The molecule has 12 nitrogen and oxygen atoms in total. The van der Waals surface area contributed by atoms with E-state index in [1.165, 1.54) is 4.68 Å². The number of aromatic nitrogens is 2. The first kappa shape index (κ1) is 31.6. The van der Waals surface area contributed by atoms with Crippen LogP contribution >= 0.6 is 0 Å². The Labute approximate surface area is 262 Å². The van der Waals surface area contributed by atoms with Crippen molar-refractivity contribution in [3.8, 4) is 11.4 Å². The number of hydrogen-bond donors (Lipinski definition) is 0. The molecular weight excluding hydrogens is 578 g/mol. The number of esters is 1. The van der Waals surface area contributed by atoms with Crippen LogP contribution in [0, 0.1) is 6.92 Å². The number of carbonyl (C=O) groups is 4. The van der Waals surface area contributed by atoms with Crippen molar-refractivity contribution in [2.24, 2.45) is 0 Å². The molecule has 5 rings (SSSR count). The maximum atomic E-state index is 14.0. The average Bonchev–Trinajstić information content (AvgIpc) is 3.41. The van der Waals surface area contributed by atoms with E-state index in [4.69, 9.17) is 14.2 Å². The van der Waals surface area contributed by atoms with Gasteiger partial charge in [-0.3, -0.25) is 9.59 Å². The molecule has 0 unspecified atom stereocenters. The third kappa shape index (κ3) is 6.50. The minimum absolute atomic E-state index is 0.125. The Morgan fingerprint density at radius 3 is 2.16 bits per heavy atom. The Morgan fingerprint density at radius 2 is 1.56 bits per heavy atom. The summed E-state index contributed by atoms with van der Waals surface area (Å²) in [6, 6.07) is 12.4. The molecule has 0 atom stereocenters. The van der Waals surface area contributed by atoms with E-state index < -0.39 is 11.6 Å². The summed E-state index contributed by atoms with van der Waals surface area (Å²) in [6.45, 7) is 11.1. The Morgan fingerprint density at radius 1 is 0.911 bits per heavy atom. The molecule has 1 fully saturated rings. The van der Waals surface area contributed by atoms with Gasteiger partial charge in [-0.1, -0.05) is 0 Å². The van der Waals surface area contributed by atoms with Crippen molar-refractivity contribution >= 4 is 29.6 Å². The van der Waals surface area contributed by atoms with Gasteiger partial charge in [-0.05, 0) is 89.1 Å². The number of piperazine rings is 1. The minimum Gasteiger partial charge on any atom is -0.497 e.